The third kappa shape index (κ3) is 4.42. The number of rotatable bonds is 5. The van der Waals surface area contributed by atoms with Crippen molar-refractivity contribution in [1.82, 2.24) is 15.6 Å². The third-order valence-corrected chi connectivity index (χ3v) is 4.52. The molecule has 2 aromatic rings. The van der Waals surface area contributed by atoms with E-state index in [0.717, 1.165) is 41.6 Å². The number of guanidine groups is 1. The van der Waals surface area contributed by atoms with E-state index in [-0.39, 0.29) is 0 Å². The molecule has 1 heterocycles. The SMILES string of the molecule is CCNC(=NCc1nc(-c2ccccc2)cs1)NC1CC=CC1. The monoisotopic (exact) mass is 326 g/mol. The average molecular weight is 326 g/mol. The summed E-state index contributed by atoms with van der Waals surface area (Å²) in [6.07, 6.45) is 6.57. The van der Waals surface area contributed by atoms with E-state index in [1.165, 1.54) is 0 Å². The van der Waals surface area contributed by atoms with Gasteiger partial charge in [-0.3, -0.25) is 0 Å². The van der Waals surface area contributed by atoms with Crippen molar-refractivity contribution in [2.24, 2.45) is 4.99 Å². The molecule has 0 fully saturated rings. The van der Waals surface area contributed by atoms with Gasteiger partial charge in [-0.1, -0.05) is 42.5 Å². The van der Waals surface area contributed by atoms with E-state index in [0.29, 0.717) is 12.6 Å². The highest BCUT2D eigenvalue weighted by atomic mass is 32.1. The Morgan fingerprint density at radius 3 is 2.78 bits per heavy atom. The highest BCUT2D eigenvalue weighted by Crippen LogP contribution is 2.21. The van der Waals surface area contributed by atoms with E-state index < -0.39 is 0 Å². The zero-order chi connectivity index (χ0) is 15.9. The van der Waals surface area contributed by atoms with Gasteiger partial charge >= 0.3 is 0 Å². The molecule has 3 rings (SSSR count). The Morgan fingerprint density at radius 1 is 1.26 bits per heavy atom. The Kier molecular flexibility index (Phi) is 5.42. The minimum atomic E-state index is 0.462. The predicted molar refractivity (Wildman–Crippen MR) is 97.7 cm³/mol. The fraction of sp³-hybridized carbons (Fsp3) is 0.333. The van der Waals surface area contributed by atoms with E-state index >= 15 is 0 Å². The van der Waals surface area contributed by atoms with Crippen LogP contribution in [0.1, 0.15) is 24.8 Å². The molecule has 0 saturated heterocycles. The molecular weight excluding hydrogens is 304 g/mol. The number of hydrogen-bond acceptors (Lipinski definition) is 3. The number of nitrogens with one attached hydrogen (secondary N) is 2. The molecule has 5 heteroatoms. The zero-order valence-corrected chi connectivity index (χ0v) is 14.1. The molecule has 0 aliphatic heterocycles. The van der Waals surface area contributed by atoms with Gasteiger partial charge in [0.15, 0.2) is 5.96 Å². The summed E-state index contributed by atoms with van der Waals surface area (Å²) in [5.74, 6) is 0.873. The van der Waals surface area contributed by atoms with Gasteiger partial charge < -0.3 is 10.6 Å². The summed E-state index contributed by atoms with van der Waals surface area (Å²) in [5, 5.41) is 9.92. The maximum absolute atomic E-state index is 4.69. The molecule has 0 atom stereocenters. The molecule has 4 nitrogen and oxygen atoms in total. The van der Waals surface area contributed by atoms with Crippen molar-refractivity contribution in [2.45, 2.75) is 32.4 Å². The highest BCUT2D eigenvalue weighted by molar-refractivity contribution is 7.09. The number of hydrogen-bond donors (Lipinski definition) is 2. The van der Waals surface area contributed by atoms with Gasteiger partial charge in [-0.15, -0.1) is 11.3 Å². The van der Waals surface area contributed by atoms with E-state index in [4.69, 9.17) is 0 Å². The fourth-order valence-electron chi connectivity index (χ4n) is 2.52. The van der Waals surface area contributed by atoms with Gasteiger partial charge in [-0.25, -0.2) is 9.98 Å². The number of thiazole rings is 1. The normalized spacial score (nSPS) is 15.1. The lowest BCUT2D eigenvalue weighted by Gasteiger charge is -2.16. The largest absolute Gasteiger partial charge is 0.357 e. The Morgan fingerprint density at radius 2 is 2.04 bits per heavy atom. The van der Waals surface area contributed by atoms with Crippen molar-refractivity contribution in [1.29, 1.82) is 0 Å². The van der Waals surface area contributed by atoms with Crippen LogP contribution in [0.15, 0.2) is 52.9 Å². The maximum atomic E-state index is 4.69. The number of aliphatic imine (C=N–C) groups is 1. The fourth-order valence-corrected chi connectivity index (χ4v) is 3.25. The molecule has 120 valence electrons. The summed E-state index contributed by atoms with van der Waals surface area (Å²) in [5.41, 5.74) is 2.18. The van der Waals surface area contributed by atoms with Crippen LogP contribution in [0.4, 0.5) is 0 Å². The third-order valence-electron chi connectivity index (χ3n) is 3.69. The standard InChI is InChI=1S/C18H22N4S/c1-2-19-18(21-15-10-6-7-11-15)20-12-17-22-16(13-23-17)14-8-4-3-5-9-14/h3-9,13,15H,2,10-12H2,1H3,(H2,19,20,21). The lowest BCUT2D eigenvalue weighted by Crippen LogP contribution is -2.42. The Hall–Kier alpha value is -2.14. The zero-order valence-electron chi connectivity index (χ0n) is 13.3. The molecule has 1 aliphatic carbocycles. The second kappa shape index (κ2) is 7.92. The average Bonchev–Trinajstić information content (AvgIpc) is 3.25. The molecule has 0 unspecified atom stereocenters. The molecule has 0 bridgehead atoms. The summed E-state index contributed by atoms with van der Waals surface area (Å²) in [4.78, 5) is 9.36. The molecule has 0 amide bonds. The Labute approximate surface area is 141 Å². The van der Waals surface area contributed by atoms with Crippen LogP contribution in [0.25, 0.3) is 11.3 Å². The van der Waals surface area contributed by atoms with Crippen LogP contribution in [-0.4, -0.2) is 23.5 Å². The van der Waals surface area contributed by atoms with Crippen LogP contribution in [0.5, 0.6) is 0 Å². The molecule has 1 aromatic heterocycles. The van der Waals surface area contributed by atoms with E-state index in [1.54, 1.807) is 11.3 Å². The summed E-state index contributed by atoms with van der Waals surface area (Å²) in [7, 11) is 0. The topological polar surface area (TPSA) is 49.3 Å². The van der Waals surface area contributed by atoms with Crippen molar-refractivity contribution >= 4 is 17.3 Å². The predicted octanol–water partition coefficient (Wildman–Crippen LogP) is 3.58. The lowest BCUT2D eigenvalue weighted by atomic mass is 10.2. The van der Waals surface area contributed by atoms with Crippen molar-refractivity contribution in [3.05, 3.63) is 52.9 Å². The molecule has 0 radical (unpaired) electrons. The lowest BCUT2D eigenvalue weighted by molar-refractivity contribution is 0.633. The van der Waals surface area contributed by atoms with Crippen molar-refractivity contribution < 1.29 is 0 Å². The van der Waals surface area contributed by atoms with Crippen LogP contribution in [-0.2, 0) is 6.54 Å². The van der Waals surface area contributed by atoms with Crippen molar-refractivity contribution in [3.63, 3.8) is 0 Å². The summed E-state index contributed by atoms with van der Waals surface area (Å²) in [6, 6.07) is 10.7. The molecule has 23 heavy (non-hydrogen) atoms. The minimum Gasteiger partial charge on any atom is -0.357 e. The summed E-state index contributed by atoms with van der Waals surface area (Å²) >= 11 is 1.66. The number of nitrogens with zero attached hydrogens (tertiary/aromatic N) is 2. The van der Waals surface area contributed by atoms with Gasteiger partial charge in [0.1, 0.15) is 5.01 Å². The van der Waals surface area contributed by atoms with Crippen molar-refractivity contribution in [3.8, 4) is 11.3 Å². The molecule has 1 aromatic carbocycles. The number of benzene rings is 1. The molecule has 0 saturated carbocycles. The van der Waals surface area contributed by atoms with Gasteiger partial charge in [0.2, 0.25) is 0 Å². The molecule has 1 aliphatic rings. The summed E-state index contributed by atoms with van der Waals surface area (Å²) in [6.45, 7) is 3.55. The highest BCUT2D eigenvalue weighted by Gasteiger charge is 2.11. The van der Waals surface area contributed by atoms with Gasteiger partial charge in [0.25, 0.3) is 0 Å². The van der Waals surface area contributed by atoms with E-state index in [9.17, 15) is 0 Å². The van der Waals surface area contributed by atoms with Gasteiger partial charge in [-0.2, -0.15) is 0 Å². The second-order valence-corrected chi connectivity index (χ2v) is 6.41. The van der Waals surface area contributed by atoms with Crippen LogP contribution in [0, 0.1) is 0 Å². The van der Waals surface area contributed by atoms with E-state index in [2.05, 4.69) is 57.2 Å². The molecule has 0 spiro atoms. The summed E-state index contributed by atoms with van der Waals surface area (Å²) < 4.78 is 0. The van der Waals surface area contributed by atoms with Crippen LogP contribution in [0.3, 0.4) is 0 Å². The first kappa shape index (κ1) is 15.7. The number of aromatic nitrogens is 1. The van der Waals surface area contributed by atoms with Gasteiger partial charge in [-0.05, 0) is 19.8 Å². The molecular formula is C18H22N4S. The Bertz CT molecular complexity index is 667. The first-order valence-corrected chi connectivity index (χ1v) is 8.93. The molecule has 2 N–H and O–H groups in total. The minimum absolute atomic E-state index is 0.462. The first-order valence-electron chi connectivity index (χ1n) is 8.05. The van der Waals surface area contributed by atoms with Crippen LogP contribution >= 0.6 is 11.3 Å². The van der Waals surface area contributed by atoms with E-state index in [1.807, 2.05) is 18.2 Å². The van der Waals surface area contributed by atoms with Gasteiger partial charge in [0, 0.05) is 23.5 Å². The Balaban J connectivity index is 1.64. The van der Waals surface area contributed by atoms with Gasteiger partial charge in [0.05, 0.1) is 12.2 Å². The van der Waals surface area contributed by atoms with Crippen LogP contribution < -0.4 is 10.6 Å². The quantitative estimate of drug-likeness (QED) is 0.501. The second-order valence-electron chi connectivity index (χ2n) is 5.47. The maximum Gasteiger partial charge on any atom is 0.191 e. The smallest absolute Gasteiger partial charge is 0.191 e. The van der Waals surface area contributed by atoms with Crippen LogP contribution in [0.2, 0.25) is 0 Å². The first-order chi connectivity index (χ1) is 11.3. The van der Waals surface area contributed by atoms with Crippen molar-refractivity contribution in [2.75, 3.05) is 6.54 Å².